The third kappa shape index (κ3) is 2.37. The average Bonchev–Trinajstić information content (AvgIpc) is 3.04. The van der Waals surface area contributed by atoms with Gasteiger partial charge in [-0.2, -0.15) is 0 Å². The van der Waals surface area contributed by atoms with Crippen molar-refractivity contribution < 1.29 is 4.79 Å². The predicted molar refractivity (Wildman–Crippen MR) is 77.2 cm³/mol. The summed E-state index contributed by atoms with van der Waals surface area (Å²) >= 11 is 0. The summed E-state index contributed by atoms with van der Waals surface area (Å²) < 4.78 is 0. The molecule has 2 aromatic rings. The van der Waals surface area contributed by atoms with Gasteiger partial charge in [0.05, 0.1) is 0 Å². The van der Waals surface area contributed by atoms with Crippen LogP contribution in [0.15, 0.2) is 30.5 Å². The average molecular weight is 256 g/mol. The molecule has 0 aliphatic heterocycles. The second kappa shape index (κ2) is 4.72. The number of fused-ring (bicyclic) bond motifs is 1. The third-order valence-corrected chi connectivity index (χ3v) is 4.33. The first-order valence-electron chi connectivity index (χ1n) is 7.02. The molecule has 19 heavy (non-hydrogen) atoms. The molecule has 1 amide bonds. The summed E-state index contributed by atoms with van der Waals surface area (Å²) in [5.74, 6) is 0.0401. The number of hydrogen-bond acceptors (Lipinski definition) is 1. The number of benzene rings is 1. The lowest BCUT2D eigenvalue weighted by molar-refractivity contribution is 0.0936. The minimum atomic E-state index is 0.0401. The van der Waals surface area contributed by atoms with Gasteiger partial charge in [0.15, 0.2) is 0 Å². The largest absolute Gasteiger partial charge is 0.361 e. The Morgan fingerprint density at radius 3 is 2.89 bits per heavy atom. The molecular weight excluding hydrogens is 236 g/mol. The number of carbonyl (C=O) groups excluding carboxylic acids is 1. The first-order chi connectivity index (χ1) is 9.18. The molecule has 3 nitrogen and oxygen atoms in total. The van der Waals surface area contributed by atoms with Crippen molar-refractivity contribution >= 4 is 16.8 Å². The first-order valence-corrected chi connectivity index (χ1v) is 7.02. The van der Waals surface area contributed by atoms with E-state index < -0.39 is 0 Å². The summed E-state index contributed by atoms with van der Waals surface area (Å²) in [5.41, 5.74) is 2.07. The minimum Gasteiger partial charge on any atom is -0.361 e. The number of H-pyrrole nitrogens is 1. The molecule has 1 aliphatic rings. The highest BCUT2D eigenvalue weighted by atomic mass is 16.1. The zero-order valence-electron chi connectivity index (χ0n) is 11.3. The summed E-state index contributed by atoms with van der Waals surface area (Å²) in [6.07, 6.45) is 6.91. The van der Waals surface area contributed by atoms with Crippen molar-refractivity contribution in [2.45, 2.75) is 32.6 Å². The van der Waals surface area contributed by atoms with Crippen LogP contribution >= 0.6 is 0 Å². The molecule has 1 aromatic heterocycles. The summed E-state index contributed by atoms with van der Waals surface area (Å²) in [5, 5.41) is 4.11. The topological polar surface area (TPSA) is 44.9 Å². The fourth-order valence-corrected chi connectivity index (χ4v) is 3.08. The number of aromatic nitrogens is 1. The smallest absolute Gasteiger partial charge is 0.251 e. The normalized spacial score (nSPS) is 17.7. The lowest BCUT2D eigenvalue weighted by atomic mass is 9.89. The number of hydrogen-bond donors (Lipinski definition) is 2. The van der Waals surface area contributed by atoms with Crippen molar-refractivity contribution in [3.8, 4) is 0 Å². The zero-order chi connectivity index (χ0) is 13.3. The second-order valence-corrected chi connectivity index (χ2v) is 5.94. The lowest BCUT2D eigenvalue weighted by Gasteiger charge is -2.23. The van der Waals surface area contributed by atoms with E-state index in [1.165, 1.54) is 25.7 Å². The predicted octanol–water partition coefficient (Wildman–Crippen LogP) is 3.48. The molecule has 1 saturated carbocycles. The van der Waals surface area contributed by atoms with Crippen LogP contribution in [0.25, 0.3) is 10.9 Å². The van der Waals surface area contributed by atoms with Gasteiger partial charge >= 0.3 is 0 Å². The highest BCUT2D eigenvalue weighted by Gasteiger charge is 2.29. The quantitative estimate of drug-likeness (QED) is 0.867. The van der Waals surface area contributed by atoms with E-state index in [0.29, 0.717) is 5.41 Å². The van der Waals surface area contributed by atoms with E-state index in [2.05, 4.69) is 17.2 Å². The van der Waals surface area contributed by atoms with Gasteiger partial charge in [0, 0.05) is 29.2 Å². The summed E-state index contributed by atoms with van der Waals surface area (Å²) in [4.78, 5) is 15.5. The van der Waals surface area contributed by atoms with Crippen molar-refractivity contribution in [2.75, 3.05) is 6.54 Å². The monoisotopic (exact) mass is 256 g/mol. The lowest BCUT2D eigenvalue weighted by Crippen LogP contribution is -2.34. The van der Waals surface area contributed by atoms with Gasteiger partial charge in [-0.15, -0.1) is 0 Å². The third-order valence-electron chi connectivity index (χ3n) is 4.33. The second-order valence-electron chi connectivity index (χ2n) is 5.94. The van der Waals surface area contributed by atoms with Crippen molar-refractivity contribution in [3.05, 3.63) is 36.0 Å². The van der Waals surface area contributed by atoms with Crippen molar-refractivity contribution in [1.82, 2.24) is 10.3 Å². The minimum absolute atomic E-state index is 0.0401. The van der Waals surface area contributed by atoms with Crippen LogP contribution in [0.3, 0.4) is 0 Å². The fourth-order valence-electron chi connectivity index (χ4n) is 3.08. The molecule has 0 radical (unpaired) electrons. The molecule has 1 heterocycles. The summed E-state index contributed by atoms with van der Waals surface area (Å²) in [7, 11) is 0. The molecule has 3 heteroatoms. The van der Waals surface area contributed by atoms with E-state index in [1.54, 1.807) is 0 Å². The number of nitrogens with one attached hydrogen (secondary N) is 2. The molecule has 1 aromatic carbocycles. The molecule has 100 valence electrons. The Kier molecular flexibility index (Phi) is 3.05. The van der Waals surface area contributed by atoms with Gasteiger partial charge in [-0.05, 0) is 36.5 Å². The number of rotatable bonds is 3. The van der Waals surface area contributed by atoms with E-state index in [1.807, 2.05) is 30.5 Å². The summed E-state index contributed by atoms with van der Waals surface area (Å²) in [6.45, 7) is 3.06. The van der Waals surface area contributed by atoms with Crippen LogP contribution in [0, 0.1) is 5.41 Å². The number of aromatic amines is 1. The molecule has 0 spiro atoms. The molecular formula is C16H20N2O. The Hall–Kier alpha value is -1.77. The molecule has 1 fully saturated rings. The van der Waals surface area contributed by atoms with E-state index in [-0.39, 0.29) is 5.91 Å². The van der Waals surface area contributed by atoms with Gasteiger partial charge in [0.1, 0.15) is 0 Å². The molecule has 0 saturated heterocycles. The van der Waals surface area contributed by atoms with Crippen molar-refractivity contribution in [1.29, 1.82) is 0 Å². The molecule has 3 rings (SSSR count). The van der Waals surface area contributed by atoms with E-state index in [4.69, 9.17) is 0 Å². The standard InChI is InChI=1S/C16H20N2O/c1-16(8-2-3-9-16)11-18-15(19)13-5-4-6-14-12(13)7-10-17-14/h4-7,10,17H,2-3,8-9,11H2,1H3,(H,18,19). The number of carbonyl (C=O) groups is 1. The maximum absolute atomic E-state index is 12.3. The van der Waals surface area contributed by atoms with Crippen LogP contribution in [-0.4, -0.2) is 17.4 Å². The Balaban J connectivity index is 1.75. The Labute approximate surface area is 113 Å². The van der Waals surface area contributed by atoms with E-state index in [9.17, 15) is 4.79 Å². The molecule has 0 bridgehead atoms. The van der Waals surface area contributed by atoms with Gasteiger partial charge in [-0.25, -0.2) is 0 Å². The van der Waals surface area contributed by atoms with Gasteiger partial charge in [-0.3, -0.25) is 4.79 Å². The van der Waals surface area contributed by atoms with Crippen LogP contribution in [-0.2, 0) is 0 Å². The molecule has 2 N–H and O–H groups in total. The molecule has 0 unspecified atom stereocenters. The maximum Gasteiger partial charge on any atom is 0.251 e. The fraction of sp³-hybridized carbons (Fsp3) is 0.438. The van der Waals surface area contributed by atoms with Crippen molar-refractivity contribution in [2.24, 2.45) is 5.41 Å². The van der Waals surface area contributed by atoms with E-state index >= 15 is 0 Å². The van der Waals surface area contributed by atoms with Gasteiger partial charge in [-0.1, -0.05) is 25.8 Å². The van der Waals surface area contributed by atoms with E-state index in [0.717, 1.165) is 23.0 Å². The van der Waals surface area contributed by atoms with Gasteiger partial charge < -0.3 is 10.3 Å². The van der Waals surface area contributed by atoms with Crippen molar-refractivity contribution in [3.63, 3.8) is 0 Å². The van der Waals surface area contributed by atoms with Crippen LogP contribution in [0.4, 0.5) is 0 Å². The van der Waals surface area contributed by atoms with Gasteiger partial charge in [0.2, 0.25) is 0 Å². The Morgan fingerprint density at radius 2 is 2.11 bits per heavy atom. The maximum atomic E-state index is 12.3. The highest BCUT2D eigenvalue weighted by Crippen LogP contribution is 2.36. The molecule has 1 aliphatic carbocycles. The molecule has 0 atom stereocenters. The SMILES string of the molecule is CC1(CNC(=O)c2cccc3[nH]ccc23)CCCC1. The highest BCUT2D eigenvalue weighted by molar-refractivity contribution is 6.06. The first kappa shape index (κ1) is 12.3. The Morgan fingerprint density at radius 1 is 1.32 bits per heavy atom. The van der Waals surface area contributed by atoms with Crippen LogP contribution in [0.5, 0.6) is 0 Å². The van der Waals surface area contributed by atoms with Crippen LogP contribution in [0.1, 0.15) is 43.0 Å². The van der Waals surface area contributed by atoms with Gasteiger partial charge in [0.25, 0.3) is 5.91 Å². The van der Waals surface area contributed by atoms with Crippen LogP contribution in [0.2, 0.25) is 0 Å². The number of amides is 1. The Bertz CT molecular complexity index is 594. The summed E-state index contributed by atoms with van der Waals surface area (Å²) in [6, 6.07) is 7.76. The zero-order valence-corrected chi connectivity index (χ0v) is 11.3. The van der Waals surface area contributed by atoms with Crippen LogP contribution < -0.4 is 5.32 Å².